The third-order valence-corrected chi connectivity index (χ3v) is 6.90. The number of carbonyl (C=O) groups excluding carboxylic acids is 2. The topological polar surface area (TPSA) is 126 Å². The van der Waals surface area contributed by atoms with E-state index in [0.29, 0.717) is 28.1 Å². The number of amides is 1. The lowest BCUT2D eigenvalue weighted by Crippen LogP contribution is -2.29. The molecule has 0 aliphatic rings. The first-order chi connectivity index (χ1) is 22.2. The summed E-state index contributed by atoms with van der Waals surface area (Å²) in [5.41, 5.74) is 1.68. The van der Waals surface area contributed by atoms with Gasteiger partial charge in [-0.05, 0) is 74.0 Å². The van der Waals surface area contributed by atoms with Gasteiger partial charge in [-0.25, -0.2) is 8.78 Å². The molecule has 0 atom stereocenters. The molecule has 9 nitrogen and oxygen atoms in total. The fraction of sp³-hybridized carbons (Fsp3) is 0.0857. The number of anilines is 1. The monoisotopic (exact) mass is 622 g/mol. The number of Topliss-reactive ketones (excluding diaryl/α,β-unsaturated/α-hetero) is 1. The minimum atomic E-state index is -0.841. The molecular formula is C35H28F2N4O5. The number of rotatable bonds is 11. The average molecular weight is 623 g/mol. The summed E-state index contributed by atoms with van der Waals surface area (Å²) in [6, 6.07) is 19.1. The minimum absolute atomic E-state index is 0.0285. The Balaban J connectivity index is 1.41. The fourth-order valence-electron chi connectivity index (χ4n) is 4.75. The van der Waals surface area contributed by atoms with Crippen molar-refractivity contribution in [1.82, 2.24) is 9.55 Å². The number of ketones is 1. The molecule has 0 aliphatic carbocycles. The van der Waals surface area contributed by atoms with Gasteiger partial charge in [-0.3, -0.25) is 19.0 Å². The summed E-state index contributed by atoms with van der Waals surface area (Å²) in [5.74, 6) is -2.29. The molecule has 2 aromatic heterocycles. The maximum absolute atomic E-state index is 15.4. The van der Waals surface area contributed by atoms with Crippen LogP contribution in [0.5, 0.6) is 11.5 Å². The number of halogens is 2. The van der Waals surface area contributed by atoms with Gasteiger partial charge in [0.2, 0.25) is 0 Å². The summed E-state index contributed by atoms with van der Waals surface area (Å²) in [5, 5.41) is 10.2. The second-order valence-corrected chi connectivity index (χ2v) is 9.94. The van der Waals surface area contributed by atoms with Crippen molar-refractivity contribution in [3.05, 3.63) is 136 Å². The van der Waals surface area contributed by atoms with Gasteiger partial charge in [0.05, 0.1) is 12.3 Å². The van der Waals surface area contributed by atoms with Crippen molar-refractivity contribution in [2.75, 3.05) is 11.9 Å². The third-order valence-electron chi connectivity index (χ3n) is 6.90. The number of allylic oxidation sites excluding steroid dienone is 1. The Kier molecular flexibility index (Phi) is 9.32. The van der Waals surface area contributed by atoms with Crippen LogP contribution >= 0.6 is 0 Å². The Morgan fingerprint density at radius 2 is 1.78 bits per heavy atom. The number of nitrogens with zero attached hydrogens (tertiary/aromatic N) is 1. The summed E-state index contributed by atoms with van der Waals surface area (Å²) in [6.45, 7) is 3.34. The summed E-state index contributed by atoms with van der Waals surface area (Å²) >= 11 is 0. The van der Waals surface area contributed by atoms with E-state index in [1.807, 2.05) is 6.07 Å². The van der Waals surface area contributed by atoms with E-state index in [0.717, 1.165) is 12.3 Å². The molecule has 5 aromatic rings. The minimum Gasteiger partial charge on any atom is -0.493 e. The molecule has 3 aromatic carbocycles. The van der Waals surface area contributed by atoms with Crippen LogP contribution in [0.25, 0.3) is 22.6 Å². The van der Waals surface area contributed by atoms with Crippen molar-refractivity contribution in [3.8, 4) is 28.3 Å². The van der Waals surface area contributed by atoms with Crippen LogP contribution in [0.4, 0.5) is 14.5 Å². The van der Waals surface area contributed by atoms with Crippen molar-refractivity contribution < 1.29 is 27.8 Å². The first kappa shape index (κ1) is 31.3. The highest BCUT2D eigenvalue weighted by Gasteiger charge is 2.21. The molecule has 0 bridgehead atoms. The zero-order valence-corrected chi connectivity index (χ0v) is 24.8. The van der Waals surface area contributed by atoms with Gasteiger partial charge in [0.15, 0.2) is 23.1 Å². The molecule has 3 N–H and O–H groups in total. The molecule has 0 spiro atoms. The van der Waals surface area contributed by atoms with Gasteiger partial charge in [0.1, 0.15) is 17.1 Å². The molecule has 0 aliphatic heterocycles. The Morgan fingerprint density at radius 1 is 1.00 bits per heavy atom. The standard InChI is InChI=1S/C35H28F2N4O5/c1-3-45-30-15-18-41(26-10-7-24(36)8-11-26)35(44)32(30)34(43)40-25-9-12-29(28(37)20-25)46-31(13-16-38)33-27(14-17-39-33)23-6-4-5-22(19-23)21(2)42/h4-20,38-39H,3H2,1-2H3,(H,40,43)/b31-13+,38-16?. The number of pyridine rings is 1. The van der Waals surface area contributed by atoms with E-state index in [-0.39, 0.29) is 40.9 Å². The Labute approximate surface area is 262 Å². The maximum atomic E-state index is 15.4. The molecular weight excluding hydrogens is 594 g/mol. The molecule has 0 unspecified atom stereocenters. The van der Waals surface area contributed by atoms with Crippen LogP contribution in [0.2, 0.25) is 0 Å². The number of nitrogens with one attached hydrogen (secondary N) is 3. The maximum Gasteiger partial charge on any atom is 0.271 e. The van der Waals surface area contributed by atoms with Gasteiger partial charge in [-0.1, -0.05) is 18.2 Å². The molecule has 2 heterocycles. The molecule has 0 saturated carbocycles. The number of hydrogen-bond donors (Lipinski definition) is 3. The lowest BCUT2D eigenvalue weighted by Gasteiger charge is -2.15. The van der Waals surface area contributed by atoms with E-state index < -0.39 is 23.1 Å². The van der Waals surface area contributed by atoms with Crippen molar-refractivity contribution in [1.29, 1.82) is 5.41 Å². The normalized spacial score (nSPS) is 11.2. The fourth-order valence-corrected chi connectivity index (χ4v) is 4.75. The lowest BCUT2D eigenvalue weighted by atomic mass is 10.0. The van der Waals surface area contributed by atoms with Gasteiger partial charge in [0.25, 0.3) is 11.5 Å². The number of ether oxygens (including phenoxy) is 2. The molecule has 0 radical (unpaired) electrons. The summed E-state index contributed by atoms with van der Waals surface area (Å²) in [7, 11) is 0. The molecule has 232 valence electrons. The number of benzene rings is 3. The van der Waals surface area contributed by atoms with Crippen LogP contribution in [0.1, 0.15) is 40.3 Å². The van der Waals surface area contributed by atoms with Gasteiger partial charge in [0, 0.05) is 53.3 Å². The van der Waals surface area contributed by atoms with Crippen LogP contribution in [0.3, 0.4) is 0 Å². The zero-order valence-electron chi connectivity index (χ0n) is 24.8. The molecule has 0 saturated heterocycles. The Morgan fingerprint density at radius 3 is 2.48 bits per heavy atom. The van der Waals surface area contributed by atoms with Crippen LogP contribution in [0, 0.1) is 17.0 Å². The third kappa shape index (κ3) is 6.68. The van der Waals surface area contributed by atoms with E-state index in [1.165, 1.54) is 66.2 Å². The smallest absolute Gasteiger partial charge is 0.271 e. The predicted molar refractivity (Wildman–Crippen MR) is 171 cm³/mol. The first-order valence-electron chi connectivity index (χ1n) is 14.1. The highest BCUT2D eigenvalue weighted by molar-refractivity contribution is 6.06. The summed E-state index contributed by atoms with van der Waals surface area (Å²) in [4.78, 5) is 41.7. The van der Waals surface area contributed by atoms with E-state index >= 15 is 4.39 Å². The van der Waals surface area contributed by atoms with Crippen LogP contribution < -0.4 is 20.3 Å². The highest BCUT2D eigenvalue weighted by Crippen LogP contribution is 2.32. The number of aromatic nitrogens is 2. The Hall–Kier alpha value is -6.10. The highest BCUT2D eigenvalue weighted by atomic mass is 19.1. The van der Waals surface area contributed by atoms with Crippen LogP contribution in [-0.2, 0) is 0 Å². The van der Waals surface area contributed by atoms with E-state index in [4.69, 9.17) is 14.9 Å². The van der Waals surface area contributed by atoms with Gasteiger partial charge >= 0.3 is 0 Å². The van der Waals surface area contributed by atoms with Crippen LogP contribution in [-0.4, -0.2) is 34.1 Å². The summed E-state index contributed by atoms with van der Waals surface area (Å²) < 4.78 is 41.4. The number of hydrogen-bond acceptors (Lipinski definition) is 6. The molecule has 11 heteroatoms. The first-order valence-corrected chi connectivity index (χ1v) is 14.1. The van der Waals surface area contributed by atoms with E-state index in [1.54, 1.807) is 37.4 Å². The second kappa shape index (κ2) is 13.7. The van der Waals surface area contributed by atoms with Crippen molar-refractivity contribution >= 4 is 29.4 Å². The molecule has 1 amide bonds. The average Bonchev–Trinajstić information content (AvgIpc) is 3.53. The van der Waals surface area contributed by atoms with Gasteiger partial charge in [-0.15, -0.1) is 0 Å². The van der Waals surface area contributed by atoms with E-state index in [9.17, 15) is 18.8 Å². The lowest BCUT2D eigenvalue weighted by molar-refractivity contribution is 0.101. The number of carbonyl (C=O) groups is 2. The van der Waals surface area contributed by atoms with Gasteiger partial charge < -0.3 is 25.2 Å². The van der Waals surface area contributed by atoms with Crippen LogP contribution in [0.15, 0.2) is 102 Å². The van der Waals surface area contributed by atoms with Crippen molar-refractivity contribution in [2.24, 2.45) is 0 Å². The molecule has 0 fully saturated rings. The molecule has 46 heavy (non-hydrogen) atoms. The predicted octanol–water partition coefficient (Wildman–Crippen LogP) is 7.03. The Bertz CT molecular complexity index is 2030. The summed E-state index contributed by atoms with van der Waals surface area (Å²) in [6.07, 6.45) is 5.41. The quantitative estimate of drug-likeness (QED) is 0.0828. The van der Waals surface area contributed by atoms with Crippen molar-refractivity contribution in [3.63, 3.8) is 0 Å². The number of H-pyrrole nitrogens is 1. The second-order valence-electron chi connectivity index (χ2n) is 9.94. The number of aromatic amines is 1. The van der Waals surface area contributed by atoms with Gasteiger partial charge in [-0.2, -0.15) is 0 Å². The SMILES string of the molecule is CCOc1ccn(-c2ccc(F)cc2)c(=O)c1C(=O)Nc1ccc(O/C(=C/C=N)c2[nH]ccc2-c2cccc(C(C)=O)c2)c(F)c1. The largest absolute Gasteiger partial charge is 0.493 e. The zero-order chi connectivity index (χ0) is 32.8. The van der Waals surface area contributed by atoms with Crippen molar-refractivity contribution in [2.45, 2.75) is 13.8 Å². The molecule has 5 rings (SSSR count). The van der Waals surface area contributed by atoms with E-state index in [2.05, 4.69) is 10.3 Å².